The third-order valence-corrected chi connectivity index (χ3v) is 4.70. The molecule has 0 aliphatic carbocycles. The van der Waals surface area contributed by atoms with Gasteiger partial charge in [0.25, 0.3) is 11.5 Å². The summed E-state index contributed by atoms with van der Waals surface area (Å²) in [6, 6.07) is 15.0. The van der Waals surface area contributed by atoms with Gasteiger partial charge in [0.2, 0.25) is 0 Å². The molecule has 0 saturated carbocycles. The molecular formula is C22H21FN2O2. The van der Waals surface area contributed by atoms with Crippen LogP contribution in [0.5, 0.6) is 0 Å². The van der Waals surface area contributed by atoms with Crippen LogP contribution in [0.3, 0.4) is 0 Å². The second-order valence-electron chi connectivity index (χ2n) is 6.61. The van der Waals surface area contributed by atoms with E-state index in [-0.39, 0.29) is 23.5 Å². The molecular weight excluding hydrogens is 343 g/mol. The average molecular weight is 364 g/mol. The smallest absolute Gasteiger partial charge is 0.263 e. The molecule has 0 spiro atoms. The number of nitrogens with one attached hydrogen (secondary N) is 1. The van der Waals surface area contributed by atoms with Crippen molar-refractivity contribution in [1.82, 2.24) is 4.57 Å². The zero-order valence-corrected chi connectivity index (χ0v) is 15.5. The molecule has 3 aromatic rings. The summed E-state index contributed by atoms with van der Waals surface area (Å²) in [6.45, 7) is 5.86. The average Bonchev–Trinajstić information content (AvgIpc) is 2.65. The molecule has 3 rings (SSSR count). The van der Waals surface area contributed by atoms with Gasteiger partial charge in [-0.2, -0.15) is 0 Å². The Kier molecular flexibility index (Phi) is 5.21. The fourth-order valence-electron chi connectivity index (χ4n) is 2.92. The molecule has 27 heavy (non-hydrogen) atoms. The molecule has 1 aromatic heterocycles. The van der Waals surface area contributed by atoms with E-state index in [2.05, 4.69) is 5.32 Å². The Hall–Kier alpha value is -3.21. The summed E-state index contributed by atoms with van der Waals surface area (Å²) in [5, 5.41) is 2.81. The van der Waals surface area contributed by atoms with Gasteiger partial charge in [-0.25, -0.2) is 4.39 Å². The Morgan fingerprint density at radius 1 is 1.00 bits per heavy atom. The van der Waals surface area contributed by atoms with E-state index >= 15 is 0 Å². The van der Waals surface area contributed by atoms with E-state index in [1.54, 1.807) is 28.8 Å². The van der Waals surface area contributed by atoms with Gasteiger partial charge in [-0.1, -0.05) is 30.3 Å². The van der Waals surface area contributed by atoms with Crippen molar-refractivity contribution in [2.75, 3.05) is 5.32 Å². The number of aryl methyl sites for hydroxylation is 2. The Labute approximate surface area is 157 Å². The molecule has 0 atom stereocenters. The molecule has 5 heteroatoms. The fourth-order valence-corrected chi connectivity index (χ4v) is 2.92. The maximum Gasteiger partial charge on any atom is 0.263 e. The molecule has 0 aliphatic rings. The number of hydrogen-bond acceptors (Lipinski definition) is 2. The molecule has 1 N–H and O–H groups in total. The molecule has 4 nitrogen and oxygen atoms in total. The van der Waals surface area contributed by atoms with Crippen LogP contribution in [0.15, 0.2) is 59.4 Å². The first-order valence-electron chi connectivity index (χ1n) is 8.69. The third kappa shape index (κ3) is 3.97. The minimum atomic E-state index is -0.440. The van der Waals surface area contributed by atoms with Gasteiger partial charge in [0.05, 0.1) is 6.54 Å². The van der Waals surface area contributed by atoms with Crippen molar-refractivity contribution in [2.24, 2.45) is 0 Å². The minimum absolute atomic E-state index is 0.0865. The number of pyridine rings is 1. The number of aromatic nitrogens is 1. The van der Waals surface area contributed by atoms with E-state index < -0.39 is 5.91 Å². The van der Waals surface area contributed by atoms with E-state index in [1.165, 1.54) is 12.1 Å². The quantitative estimate of drug-likeness (QED) is 0.754. The van der Waals surface area contributed by atoms with Crippen molar-refractivity contribution >= 4 is 11.6 Å². The first kappa shape index (κ1) is 18.6. The lowest BCUT2D eigenvalue weighted by atomic mass is 10.1. The van der Waals surface area contributed by atoms with Gasteiger partial charge in [0.15, 0.2) is 0 Å². The molecule has 138 valence electrons. The van der Waals surface area contributed by atoms with Crippen molar-refractivity contribution in [3.05, 3.63) is 98.7 Å². The highest BCUT2D eigenvalue weighted by molar-refractivity contribution is 6.04. The predicted octanol–water partition coefficient (Wildman–Crippen LogP) is 4.21. The number of carbonyl (C=O) groups is 1. The van der Waals surface area contributed by atoms with Gasteiger partial charge in [-0.05, 0) is 61.7 Å². The normalized spacial score (nSPS) is 10.7. The van der Waals surface area contributed by atoms with Crippen LogP contribution in [0.1, 0.15) is 32.7 Å². The lowest BCUT2D eigenvalue weighted by Crippen LogP contribution is -2.31. The third-order valence-electron chi connectivity index (χ3n) is 4.70. The molecule has 0 saturated heterocycles. The predicted molar refractivity (Wildman–Crippen MR) is 105 cm³/mol. The summed E-state index contributed by atoms with van der Waals surface area (Å²) < 4.78 is 14.7. The number of benzene rings is 2. The zero-order chi connectivity index (χ0) is 19.6. The number of rotatable bonds is 4. The summed E-state index contributed by atoms with van der Waals surface area (Å²) in [4.78, 5) is 25.7. The zero-order valence-electron chi connectivity index (χ0n) is 15.5. The van der Waals surface area contributed by atoms with Crippen LogP contribution in [-0.2, 0) is 6.54 Å². The Morgan fingerprint density at radius 2 is 1.67 bits per heavy atom. The van der Waals surface area contributed by atoms with Gasteiger partial charge in [0.1, 0.15) is 11.4 Å². The Bertz CT molecular complexity index is 1050. The number of hydrogen-bond donors (Lipinski definition) is 1. The lowest BCUT2D eigenvalue weighted by molar-refractivity contribution is 0.102. The number of anilines is 1. The van der Waals surface area contributed by atoms with Gasteiger partial charge in [-0.3, -0.25) is 9.59 Å². The molecule has 1 heterocycles. The van der Waals surface area contributed by atoms with E-state index in [0.717, 1.165) is 22.4 Å². The molecule has 1 amide bonds. The van der Waals surface area contributed by atoms with Crippen molar-refractivity contribution in [1.29, 1.82) is 0 Å². The second kappa shape index (κ2) is 7.58. The van der Waals surface area contributed by atoms with Crippen LogP contribution in [0.4, 0.5) is 10.1 Å². The molecule has 0 fully saturated rings. The monoisotopic (exact) mass is 364 g/mol. The first-order valence-corrected chi connectivity index (χ1v) is 8.69. The minimum Gasteiger partial charge on any atom is -0.322 e. The van der Waals surface area contributed by atoms with E-state index in [0.29, 0.717) is 5.69 Å². The first-order chi connectivity index (χ1) is 12.9. The van der Waals surface area contributed by atoms with Crippen LogP contribution in [0, 0.1) is 26.6 Å². The van der Waals surface area contributed by atoms with Crippen LogP contribution >= 0.6 is 0 Å². The van der Waals surface area contributed by atoms with Crippen LogP contribution in [0.25, 0.3) is 0 Å². The van der Waals surface area contributed by atoms with Crippen molar-refractivity contribution < 1.29 is 9.18 Å². The summed E-state index contributed by atoms with van der Waals surface area (Å²) in [6.07, 6.45) is 0. The lowest BCUT2D eigenvalue weighted by Gasteiger charge is -2.15. The molecule has 2 aromatic carbocycles. The van der Waals surface area contributed by atoms with Gasteiger partial charge in [0, 0.05) is 11.4 Å². The Balaban J connectivity index is 1.98. The summed E-state index contributed by atoms with van der Waals surface area (Å²) >= 11 is 0. The summed E-state index contributed by atoms with van der Waals surface area (Å²) in [5.74, 6) is -0.768. The summed E-state index contributed by atoms with van der Waals surface area (Å²) in [7, 11) is 0. The topological polar surface area (TPSA) is 51.1 Å². The van der Waals surface area contributed by atoms with Gasteiger partial charge in [-0.15, -0.1) is 0 Å². The van der Waals surface area contributed by atoms with E-state index in [4.69, 9.17) is 0 Å². The maximum absolute atomic E-state index is 13.1. The van der Waals surface area contributed by atoms with Crippen LogP contribution in [-0.4, -0.2) is 10.5 Å². The highest BCUT2D eigenvalue weighted by Gasteiger charge is 2.17. The largest absolute Gasteiger partial charge is 0.322 e. The second-order valence-corrected chi connectivity index (χ2v) is 6.61. The molecule has 0 bridgehead atoms. The number of nitrogens with zero attached hydrogens (tertiary/aromatic N) is 1. The SMILES string of the molecule is Cc1ccccc1NC(=O)c1cc(C)c(C)n(Cc2ccc(F)cc2)c1=O. The van der Waals surface area contributed by atoms with Gasteiger partial charge < -0.3 is 9.88 Å². The van der Waals surface area contributed by atoms with Crippen molar-refractivity contribution in [2.45, 2.75) is 27.3 Å². The maximum atomic E-state index is 13.1. The van der Waals surface area contributed by atoms with Crippen LogP contribution < -0.4 is 10.9 Å². The standard InChI is InChI=1S/C22H21FN2O2/c1-14-6-4-5-7-20(14)24-21(26)19-12-15(2)16(3)25(22(19)27)13-17-8-10-18(23)11-9-17/h4-12H,13H2,1-3H3,(H,24,26). The fraction of sp³-hybridized carbons (Fsp3) is 0.182. The molecule has 0 aliphatic heterocycles. The highest BCUT2D eigenvalue weighted by atomic mass is 19.1. The van der Waals surface area contributed by atoms with Crippen molar-refractivity contribution in [3.8, 4) is 0 Å². The van der Waals surface area contributed by atoms with Gasteiger partial charge >= 0.3 is 0 Å². The molecule has 0 radical (unpaired) electrons. The number of amides is 1. The number of halogens is 1. The van der Waals surface area contributed by atoms with E-state index in [1.807, 2.05) is 39.0 Å². The van der Waals surface area contributed by atoms with Crippen LogP contribution in [0.2, 0.25) is 0 Å². The Morgan fingerprint density at radius 3 is 2.33 bits per heavy atom. The number of para-hydroxylation sites is 1. The number of carbonyl (C=O) groups excluding carboxylic acids is 1. The highest BCUT2D eigenvalue weighted by Crippen LogP contribution is 2.15. The van der Waals surface area contributed by atoms with E-state index in [9.17, 15) is 14.0 Å². The molecule has 0 unspecified atom stereocenters. The summed E-state index contributed by atoms with van der Waals surface area (Å²) in [5.41, 5.74) is 3.71. The van der Waals surface area contributed by atoms with Crippen molar-refractivity contribution in [3.63, 3.8) is 0 Å².